The van der Waals surface area contributed by atoms with E-state index in [1.165, 1.54) is 18.2 Å². The van der Waals surface area contributed by atoms with Gasteiger partial charge in [0.25, 0.3) is 15.6 Å². The minimum absolute atomic E-state index is 0.117. The molecule has 2 aromatic rings. The fourth-order valence-corrected chi connectivity index (χ4v) is 4.23. The van der Waals surface area contributed by atoms with Crippen LogP contribution in [-0.2, 0) is 15.3 Å². The Morgan fingerprint density at radius 2 is 1.73 bits per heavy atom. The van der Waals surface area contributed by atoms with Crippen molar-refractivity contribution in [1.29, 1.82) is 0 Å². The van der Waals surface area contributed by atoms with Crippen molar-refractivity contribution < 1.29 is 22.7 Å². The van der Waals surface area contributed by atoms with E-state index in [-0.39, 0.29) is 21.6 Å². The van der Waals surface area contributed by atoms with E-state index < -0.39 is 20.7 Å². The molecule has 0 aromatic heterocycles. The van der Waals surface area contributed by atoms with E-state index in [4.69, 9.17) is 4.74 Å². The summed E-state index contributed by atoms with van der Waals surface area (Å²) in [5.74, 6) is -0.739. The summed E-state index contributed by atoms with van der Waals surface area (Å²) in [5.41, 5.74) is 10.0. The summed E-state index contributed by atoms with van der Waals surface area (Å²) >= 11 is 0. The Balaban J connectivity index is 2.56. The summed E-state index contributed by atoms with van der Waals surface area (Å²) < 4.78 is 32.5. The number of unbranched alkanes of at least 4 members (excludes halogenated alkanes) is 2. The fourth-order valence-electron chi connectivity index (χ4n) is 2.88. The van der Waals surface area contributed by atoms with Gasteiger partial charge >= 0.3 is 5.04 Å². The third-order valence-corrected chi connectivity index (χ3v) is 6.35. The lowest BCUT2D eigenvalue weighted by atomic mass is 9.87. The molecule has 6 nitrogen and oxygen atoms in total. The number of nitrogens with zero attached hydrogens (tertiary/aromatic N) is 2. The Labute approximate surface area is 178 Å². The lowest BCUT2D eigenvalue weighted by Gasteiger charge is -2.21. The Kier molecular flexibility index (Phi) is 7.71. The molecule has 0 radical (unpaired) electrons. The maximum atomic E-state index is 13.4. The first-order valence-electron chi connectivity index (χ1n) is 9.97. The zero-order chi connectivity index (χ0) is 22.4. The molecule has 0 fully saturated rings. The monoisotopic (exact) mass is 428 g/mol. The molecule has 0 saturated heterocycles. The van der Waals surface area contributed by atoms with Crippen LogP contribution in [0, 0.1) is 0 Å². The molecule has 160 valence electrons. The van der Waals surface area contributed by atoms with Crippen LogP contribution in [0.2, 0.25) is 0 Å². The molecular formula is C23H28N2O4S. The molecule has 0 spiro atoms. The molecule has 0 N–H and O–H groups in total. The van der Waals surface area contributed by atoms with Crippen LogP contribution in [0.4, 0.5) is 0 Å². The van der Waals surface area contributed by atoms with Crippen molar-refractivity contribution in [2.45, 2.75) is 57.3 Å². The van der Waals surface area contributed by atoms with Gasteiger partial charge in [-0.2, -0.15) is 0 Å². The maximum Gasteiger partial charge on any atom is 0.457 e. The van der Waals surface area contributed by atoms with Crippen LogP contribution in [-0.4, -0.2) is 30.6 Å². The standard InChI is InChI=1S/C23H28N2O4S/c1-5-6-10-15-29-19-14-13-18(23(2,3)4)16-20(19)30(27,28)22(25-24)21(26)17-11-8-7-9-12-17/h7-9,11-14,16H,5-6,10,15H2,1-4H3. The normalized spacial score (nSPS) is 11.6. The first-order chi connectivity index (χ1) is 14.1. The molecule has 0 amide bonds. The number of hydrogen-bond donors (Lipinski definition) is 0. The number of sulfone groups is 1. The summed E-state index contributed by atoms with van der Waals surface area (Å²) in [6, 6.07) is 12.8. The predicted octanol–water partition coefficient (Wildman–Crippen LogP) is 4.84. The smallest absolute Gasteiger partial charge is 0.457 e. The summed E-state index contributed by atoms with van der Waals surface area (Å²) in [6.07, 6.45) is 2.74. The Morgan fingerprint density at radius 1 is 1.07 bits per heavy atom. The molecule has 0 unspecified atom stereocenters. The van der Waals surface area contributed by atoms with E-state index >= 15 is 0 Å². The number of carbonyl (C=O) groups is 1. The lowest BCUT2D eigenvalue weighted by molar-refractivity contribution is -0.00159. The van der Waals surface area contributed by atoms with Gasteiger partial charge in [-0.25, -0.2) is 8.42 Å². The molecule has 2 aromatic carbocycles. The summed E-state index contributed by atoms with van der Waals surface area (Å²) in [5, 5.41) is -0.932. The number of benzene rings is 2. The van der Waals surface area contributed by atoms with Crippen LogP contribution in [0.25, 0.3) is 5.53 Å². The predicted molar refractivity (Wildman–Crippen MR) is 117 cm³/mol. The highest BCUT2D eigenvalue weighted by Crippen LogP contribution is 2.32. The topological polar surface area (TPSA) is 96.8 Å². The van der Waals surface area contributed by atoms with Crippen LogP contribution in [0.3, 0.4) is 0 Å². The van der Waals surface area contributed by atoms with E-state index in [0.29, 0.717) is 6.61 Å². The van der Waals surface area contributed by atoms with Gasteiger partial charge in [-0.1, -0.05) is 76.9 Å². The highest BCUT2D eigenvalue weighted by molar-refractivity contribution is 8.08. The van der Waals surface area contributed by atoms with E-state index in [0.717, 1.165) is 24.8 Å². The summed E-state index contributed by atoms with van der Waals surface area (Å²) in [6.45, 7) is 8.28. The second-order valence-corrected chi connectivity index (χ2v) is 9.90. The van der Waals surface area contributed by atoms with Gasteiger partial charge in [-0.05, 0) is 29.5 Å². The number of ketones is 1. The Hall–Kier alpha value is -2.76. The quantitative estimate of drug-likeness (QED) is 0.150. The van der Waals surface area contributed by atoms with Gasteiger partial charge in [0.15, 0.2) is 0 Å². The van der Waals surface area contributed by atoms with Crippen LogP contribution in [0.15, 0.2) is 53.4 Å². The third kappa shape index (κ3) is 5.43. The average Bonchev–Trinajstić information content (AvgIpc) is 2.71. The van der Waals surface area contributed by atoms with Crippen LogP contribution in [0.5, 0.6) is 5.75 Å². The largest absolute Gasteiger partial charge is 0.492 e. The van der Waals surface area contributed by atoms with Crippen molar-refractivity contribution in [3.8, 4) is 5.75 Å². The van der Waals surface area contributed by atoms with Crippen molar-refractivity contribution in [2.75, 3.05) is 6.61 Å². The van der Waals surface area contributed by atoms with Crippen molar-refractivity contribution in [3.63, 3.8) is 0 Å². The second-order valence-electron chi connectivity index (χ2n) is 8.07. The molecule has 0 aliphatic carbocycles. The molecule has 7 heteroatoms. The molecule has 2 rings (SSSR count). The highest BCUT2D eigenvalue weighted by atomic mass is 32.2. The van der Waals surface area contributed by atoms with Crippen molar-refractivity contribution in [1.82, 2.24) is 0 Å². The number of Topliss-reactive ketones (excluding diaryl/α,β-unsaturated/α-hetero) is 1. The Morgan fingerprint density at radius 3 is 2.30 bits per heavy atom. The first-order valence-corrected chi connectivity index (χ1v) is 11.5. The van der Waals surface area contributed by atoms with E-state index in [1.807, 2.05) is 26.8 Å². The first kappa shape index (κ1) is 23.5. The third-order valence-electron chi connectivity index (χ3n) is 4.68. The SMILES string of the molecule is CCCCCOc1ccc(C(C)(C)C)cc1S(=O)(=O)C(=[N+]=[N-])C(=O)c1ccccc1. The van der Waals surface area contributed by atoms with Gasteiger partial charge in [-0.15, -0.1) is 4.79 Å². The zero-order valence-electron chi connectivity index (χ0n) is 17.9. The van der Waals surface area contributed by atoms with Gasteiger partial charge in [0.05, 0.1) is 6.61 Å². The van der Waals surface area contributed by atoms with Crippen LogP contribution >= 0.6 is 0 Å². The minimum atomic E-state index is -4.43. The molecule has 0 aliphatic rings. The lowest BCUT2D eigenvalue weighted by Crippen LogP contribution is -2.27. The van der Waals surface area contributed by atoms with Crippen LogP contribution in [0.1, 0.15) is 62.9 Å². The van der Waals surface area contributed by atoms with Crippen molar-refractivity contribution in [2.24, 2.45) is 0 Å². The van der Waals surface area contributed by atoms with E-state index in [1.54, 1.807) is 24.3 Å². The summed E-state index contributed by atoms with van der Waals surface area (Å²) in [7, 11) is -4.43. The molecule has 30 heavy (non-hydrogen) atoms. The van der Waals surface area contributed by atoms with Crippen molar-refractivity contribution >= 4 is 20.7 Å². The number of carbonyl (C=O) groups excluding carboxylic acids is 1. The average molecular weight is 429 g/mol. The fraction of sp³-hybridized carbons (Fsp3) is 0.391. The minimum Gasteiger partial charge on any atom is -0.492 e. The van der Waals surface area contributed by atoms with Gasteiger partial charge in [0.2, 0.25) is 0 Å². The van der Waals surface area contributed by atoms with E-state index in [2.05, 4.69) is 11.7 Å². The van der Waals surface area contributed by atoms with Crippen LogP contribution < -0.4 is 4.74 Å². The highest BCUT2D eigenvalue weighted by Gasteiger charge is 2.40. The maximum absolute atomic E-state index is 13.4. The second kappa shape index (κ2) is 9.83. The molecule has 0 aliphatic heterocycles. The summed E-state index contributed by atoms with van der Waals surface area (Å²) in [4.78, 5) is 15.5. The Bertz CT molecular complexity index is 1050. The molecule has 0 saturated carbocycles. The van der Waals surface area contributed by atoms with Gasteiger partial charge in [-0.3, -0.25) is 4.79 Å². The number of ether oxygens (including phenoxy) is 1. The number of rotatable bonds is 8. The molecular weight excluding hydrogens is 400 g/mol. The van der Waals surface area contributed by atoms with Gasteiger partial charge in [0.1, 0.15) is 10.6 Å². The van der Waals surface area contributed by atoms with E-state index in [9.17, 15) is 18.7 Å². The molecule has 0 bridgehead atoms. The number of hydrogen-bond acceptors (Lipinski definition) is 4. The molecule has 0 atom stereocenters. The van der Waals surface area contributed by atoms with Gasteiger partial charge in [0, 0.05) is 5.56 Å². The van der Waals surface area contributed by atoms with Crippen molar-refractivity contribution in [3.05, 3.63) is 65.2 Å². The molecule has 0 heterocycles. The zero-order valence-corrected chi connectivity index (χ0v) is 18.7. The van der Waals surface area contributed by atoms with Gasteiger partial charge < -0.3 is 10.3 Å².